The first-order chi connectivity index (χ1) is 9.25. The second kappa shape index (κ2) is 6.99. The Balaban J connectivity index is 1.68. The number of halogens is 1. The monoisotopic (exact) mass is 278 g/mol. The van der Waals surface area contributed by atoms with Crippen LogP contribution in [0.5, 0.6) is 0 Å². The third-order valence-corrected chi connectivity index (χ3v) is 3.63. The van der Waals surface area contributed by atoms with Crippen molar-refractivity contribution < 1.29 is 9.18 Å². The summed E-state index contributed by atoms with van der Waals surface area (Å²) in [6.07, 6.45) is 4.04. The average molecular weight is 278 g/mol. The maximum absolute atomic E-state index is 13.3. The number of aromatic nitrogens is 1. The Morgan fingerprint density at radius 1 is 1.32 bits per heavy atom. The second-order valence-electron chi connectivity index (χ2n) is 4.02. The molecule has 0 unspecified atom stereocenters. The molecule has 1 aromatic heterocycles. The van der Waals surface area contributed by atoms with E-state index in [9.17, 15) is 9.18 Å². The van der Waals surface area contributed by atoms with Gasteiger partial charge in [0.2, 0.25) is 5.91 Å². The van der Waals surface area contributed by atoms with Crippen LogP contribution in [-0.4, -0.2) is 16.6 Å². The summed E-state index contributed by atoms with van der Waals surface area (Å²) in [5.74, 6) is 0.310. The number of rotatable bonds is 6. The van der Waals surface area contributed by atoms with Crippen LogP contribution >= 0.6 is 11.8 Å². The van der Waals surface area contributed by atoms with E-state index in [2.05, 4.69) is 10.3 Å². The number of nitrogens with one attached hydrogen (secondary N) is 2. The zero-order valence-electron chi connectivity index (χ0n) is 10.4. The maximum atomic E-state index is 13.3. The van der Waals surface area contributed by atoms with Crippen LogP contribution in [-0.2, 0) is 11.3 Å². The molecule has 0 saturated carbocycles. The Kier molecular flexibility index (Phi) is 5.03. The number of benzene rings is 1. The van der Waals surface area contributed by atoms with E-state index in [-0.39, 0.29) is 11.7 Å². The number of aromatic amines is 1. The number of carbonyl (C=O) groups is 1. The Morgan fingerprint density at radius 3 is 2.89 bits per heavy atom. The van der Waals surface area contributed by atoms with E-state index in [0.717, 1.165) is 5.56 Å². The van der Waals surface area contributed by atoms with E-state index in [1.165, 1.54) is 17.8 Å². The van der Waals surface area contributed by atoms with Crippen molar-refractivity contribution in [2.45, 2.75) is 17.9 Å². The molecule has 0 aliphatic carbocycles. The molecule has 1 amide bonds. The lowest BCUT2D eigenvalue weighted by Gasteiger charge is -2.04. The Bertz CT molecular complexity index is 528. The molecule has 2 rings (SSSR count). The van der Waals surface area contributed by atoms with Crippen LogP contribution in [0.25, 0.3) is 0 Å². The molecule has 0 fully saturated rings. The third-order valence-electron chi connectivity index (χ3n) is 2.58. The number of carbonyl (C=O) groups excluding carboxylic acids is 1. The van der Waals surface area contributed by atoms with E-state index in [1.807, 2.05) is 18.5 Å². The smallest absolute Gasteiger partial charge is 0.221 e. The number of thioether (sulfide) groups is 1. The average Bonchev–Trinajstić information content (AvgIpc) is 2.92. The number of hydrogen-bond acceptors (Lipinski definition) is 2. The molecular weight excluding hydrogens is 263 g/mol. The molecule has 3 nitrogen and oxygen atoms in total. The van der Waals surface area contributed by atoms with Gasteiger partial charge < -0.3 is 10.3 Å². The van der Waals surface area contributed by atoms with Crippen molar-refractivity contribution >= 4 is 17.7 Å². The minimum atomic E-state index is -0.236. The zero-order valence-corrected chi connectivity index (χ0v) is 11.2. The zero-order chi connectivity index (χ0) is 13.5. The van der Waals surface area contributed by atoms with Crippen LogP contribution in [0.15, 0.2) is 47.6 Å². The van der Waals surface area contributed by atoms with Crippen LogP contribution in [0.1, 0.15) is 12.0 Å². The second-order valence-corrected chi connectivity index (χ2v) is 5.16. The first-order valence-electron chi connectivity index (χ1n) is 6.01. The fourth-order valence-electron chi connectivity index (χ4n) is 1.57. The molecule has 100 valence electrons. The summed E-state index contributed by atoms with van der Waals surface area (Å²) in [6.45, 7) is 0.521. The molecular formula is C14H15FN2OS. The van der Waals surface area contributed by atoms with E-state index in [4.69, 9.17) is 0 Å². The van der Waals surface area contributed by atoms with Gasteiger partial charge in [0.15, 0.2) is 0 Å². The highest BCUT2D eigenvalue weighted by molar-refractivity contribution is 7.99. The highest BCUT2D eigenvalue weighted by Crippen LogP contribution is 2.21. The van der Waals surface area contributed by atoms with Gasteiger partial charge >= 0.3 is 0 Å². The van der Waals surface area contributed by atoms with Crippen LogP contribution in [0, 0.1) is 5.82 Å². The van der Waals surface area contributed by atoms with Crippen LogP contribution < -0.4 is 5.32 Å². The van der Waals surface area contributed by atoms with Gasteiger partial charge in [-0.2, -0.15) is 0 Å². The van der Waals surface area contributed by atoms with Gasteiger partial charge in [0.1, 0.15) is 5.82 Å². The molecule has 2 N–H and O–H groups in total. The van der Waals surface area contributed by atoms with Crippen LogP contribution in [0.4, 0.5) is 4.39 Å². The van der Waals surface area contributed by atoms with Gasteiger partial charge in [0.05, 0.1) is 0 Å². The maximum Gasteiger partial charge on any atom is 0.221 e. The minimum Gasteiger partial charge on any atom is -0.367 e. The summed E-state index contributed by atoms with van der Waals surface area (Å²) in [5, 5.41) is 2.82. The first kappa shape index (κ1) is 13.7. The lowest BCUT2D eigenvalue weighted by molar-refractivity contribution is -0.120. The molecule has 2 aromatic rings. The number of hydrogen-bond donors (Lipinski definition) is 2. The normalized spacial score (nSPS) is 10.4. The van der Waals surface area contributed by atoms with Gasteiger partial charge in [-0.15, -0.1) is 11.8 Å². The van der Waals surface area contributed by atoms with Gasteiger partial charge in [-0.1, -0.05) is 12.1 Å². The van der Waals surface area contributed by atoms with E-state index in [1.54, 1.807) is 18.2 Å². The van der Waals surface area contributed by atoms with Crippen molar-refractivity contribution in [2.24, 2.45) is 0 Å². The molecule has 1 aromatic carbocycles. The predicted octanol–water partition coefficient (Wildman–Crippen LogP) is 2.95. The fourth-order valence-corrected chi connectivity index (χ4v) is 2.46. The standard InChI is InChI=1S/C14H15FN2OS/c15-12-3-1-2-4-13(12)19-8-6-14(18)17-10-11-5-7-16-9-11/h1-5,7,9,16H,6,8,10H2,(H,17,18). The van der Waals surface area contributed by atoms with Crippen LogP contribution in [0.2, 0.25) is 0 Å². The first-order valence-corrected chi connectivity index (χ1v) is 7.00. The lowest BCUT2D eigenvalue weighted by atomic mass is 10.3. The van der Waals surface area contributed by atoms with Gasteiger partial charge in [0, 0.05) is 36.0 Å². The lowest BCUT2D eigenvalue weighted by Crippen LogP contribution is -2.22. The SMILES string of the molecule is O=C(CCSc1ccccc1F)NCc1cc[nH]c1. The molecule has 19 heavy (non-hydrogen) atoms. The summed E-state index contributed by atoms with van der Waals surface area (Å²) in [6, 6.07) is 8.50. The largest absolute Gasteiger partial charge is 0.367 e. The van der Waals surface area contributed by atoms with Crippen molar-refractivity contribution in [3.8, 4) is 0 Å². The topological polar surface area (TPSA) is 44.9 Å². The third kappa shape index (κ3) is 4.44. The molecule has 0 radical (unpaired) electrons. The number of H-pyrrole nitrogens is 1. The minimum absolute atomic E-state index is 0.0231. The summed E-state index contributed by atoms with van der Waals surface area (Å²) in [7, 11) is 0. The Morgan fingerprint density at radius 2 is 2.16 bits per heavy atom. The molecule has 0 aliphatic rings. The van der Waals surface area contributed by atoms with Crippen LogP contribution in [0.3, 0.4) is 0 Å². The highest BCUT2D eigenvalue weighted by Gasteiger charge is 2.04. The molecule has 0 atom stereocenters. The van der Waals surface area contributed by atoms with Gasteiger partial charge in [-0.25, -0.2) is 4.39 Å². The van der Waals surface area contributed by atoms with E-state index >= 15 is 0 Å². The van der Waals surface area contributed by atoms with Crippen molar-refractivity contribution in [3.63, 3.8) is 0 Å². The van der Waals surface area contributed by atoms with Crippen molar-refractivity contribution in [2.75, 3.05) is 5.75 Å². The summed E-state index contributed by atoms with van der Waals surface area (Å²) in [4.78, 5) is 15.1. The van der Waals surface area contributed by atoms with E-state index in [0.29, 0.717) is 23.6 Å². The van der Waals surface area contributed by atoms with Crippen molar-refractivity contribution in [1.29, 1.82) is 0 Å². The van der Waals surface area contributed by atoms with Crippen molar-refractivity contribution in [1.82, 2.24) is 10.3 Å². The fraction of sp³-hybridized carbons (Fsp3) is 0.214. The number of amides is 1. The molecule has 0 spiro atoms. The molecule has 0 saturated heterocycles. The molecule has 1 heterocycles. The van der Waals surface area contributed by atoms with Gasteiger partial charge in [-0.05, 0) is 23.8 Å². The van der Waals surface area contributed by atoms with Crippen molar-refractivity contribution in [3.05, 3.63) is 54.1 Å². The molecule has 0 bridgehead atoms. The summed E-state index contributed by atoms with van der Waals surface area (Å²) < 4.78 is 13.3. The Hall–Kier alpha value is -1.75. The summed E-state index contributed by atoms with van der Waals surface area (Å²) >= 11 is 1.36. The van der Waals surface area contributed by atoms with Gasteiger partial charge in [0.25, 0.3) is 0 Å². The molecule has 5 heteroatoms. The van der Waals surface area contributed by atoms with E-state index < -0.39 is 0 Å². The quantitative estimate of drug-likeness (QED) is 0.798. The van der Waals surface area contributed by atoms with Gasteiger partial charge in [-0.3, -0.25) is 4.79 Å². The Labute approximate surface area is 115 Å². The highest BCUT2D eigenvalue weighted by atomic mass is 32.2. The molecule has 0 aliphatic heterocycles. The summed E-state index contributed by atoms with van der Waals surface area (Å²) in [5.41, 5.74) is 1.04. The predicted molar refractivity (Wildman–Crippen MR) is 74.4 cm³/mol.